The summed E-state index contributed by atoms with van der Waals surface area (Å²) in [4.78, 5) is 13.6. The highest BCUT2D eigenvalue weighted by atomic mass is 16.5. The van der Waals surface area contributed by atoms with Gasteiger partial charge in [-0.05, 0) is 50.1 Å². The molecule has 0 aromatic heterocycles. The highest BCUT2D eigenvalue weighted by molar-refractivity contribution is 6.05. The molecule has 2 atom stereocenters. The Morgan fingerprint density at radius 1 is 1.07 bits per heavy atom. The summed E-state index contributed by atoms with van der Waals surface area (Å²) >= 11 is 0. The lowest BCUT2D eigenvalue weighted by atomic mass is 9.69. The number of fused-ring (bicyclic) bond motifs is 6. The van der Waals surface area contributed by atoms with E-state index >= 15 is 0 Å². The third kappa shape index (κ3) is 2.71. The van der Waals surface area contributed by atoms with E-state index < -0.39 is 0 Å². The topological polar surface area (TPSA) is 54.0 Å². The largest absolute Gasteiger partial charge is 0.493 e. The zero-order valence-electron chi connectivity index (χ0n) is 17.1. The highest BCUT2D eigenvalue weighted by Crippen LogP contribution is 2.49. The van der Waals surface area contributed by atoms with E-state index in [0.717, 1.165) is 34.4 Å². The molecule has 0 N–H and O–H groups in total. The second-order valence-electron chi connectivity index (χ2n) is 8.40. The number of ether oxygens (including phenoxy) is 4. The third-order valence-electron chi connectivity index (χ3n) is 6.13. The lowest BCUT2D eigenvalue weighted by molar-refractivity contribution is 0.0850. The van der Waals surface area contributed by atoms with Crippen LogP contribution in [0, 0.1) is 5.92 Å². The van der Waals surface area contributed by atoms with Crippen molar-refractivity contribution >= 4 is 11.9 Å². The van der Waals surface area contributed by atoms with Crippen LogP contribution in [0.1, 0.15) is 46.8 Å². The molecule has 0 spiro atoms. The maximum absolute atomic E-state index is 13.6. The summed E-state index contributed by atoms with van der Waals surface area (Å²) in [6.07, 6.45) is 4.92. The van der Waals surface area contributed by atoms with Crippen LogP contribution in [0.4, 0.5) is 0 Å². The Bertz CT molecular complexity index is 1050. The predicted molar refractivity (Wildman–Crippen MR) is 109 cm³/mol. The average Bonchev–Trinajstić information content (AvgIpc) is 2.71. The molecule has 0 saturated carbocycles. The minimum Gasteiger partial charge on any atom is -0.493 e. The normalized spacial score (nSPS) is 23.0. The Morgan fingerprint density at radius 3 is 2.59 bits per heavy atom. The van der Waals surface area contributed by atoms with Crippen molar-refractivity contribution in [2.45, 2.75) is 31.8 Å². The molecule has 2 heterocycles. The van der Waals surface area contributed by atoms with Crippen molar-refractivity contribution in [3.05, 3.63) is 52.6 Å². The molecule has 29 heavy (non-hydrogen) atoms. The first-order chi connectivity index (χ1) is 13.9. The van der Waals surface area contributed by atoms with Gasteiger partial charge in [0, 0.05) is 28.7 Å². The van der Waals surface area contributed by atoms with Crippen LogP contribution in [0.25, 0.3) is 6.08 Å². The molecule has 2 aromatic rings. The number of carbonyl (C=O) groups excluding carboxylic acids is 1. The first-order valence-electron chi connectivity index (χ1n) is 9.89. The standard InChI is InChI=1S/C24H24O5/c1-24(2)8-7-14-16-9-13-12-28-19-11-21(27-4)20(26-3)10-17(19)22(13)23(25)15(16)5-6-18(14)29-24/h5-8,10-11,13,22H,9,12H2,1-4H3/t13-,22-/m1/s1. The Kier molecular flexibility index (Phi) is 3.92. The lowest BCUT2D eigenvalue weighted by Gasteiger charge is -2.38. The number of ketones is 1. The fourth-order valence-electron chi connectivity index (χ4n) is 4.72. The second kappa shape index (κ2) is 6.28. The number of rotatable bonds is 2. The van der Waals surface area contributed by atoms with Gasteiger partial charge in [0.15, 0.2) is 17.3 Å². The number of hydrogen-bond acceptors (Lipinski definition) is 5. The fourth-order valence-corrected chi connectivity index (χ4v) is 4.72. The number of carbonyl (C=O) groups is 1. The molecule has 1 aliphatic carbocycles. The van der Waals surface area contributed by atoms with Crippen molar-refractivity contribution < 1.29 is 23.7 Å². The predicted octanol–water partition coefficient (Wildman–Crippen LogP) is 4.42. The number of benzene rings is 2. The van der Waals surface area contributed by atoms with Gasteiger partial charge < -0.3 is 18.9 Å². The van der Waals surface area contributed by atoms with E-state index in [1.807, 2.05) is 38.1 Å². The third-order valence-corrected chi connectivity index (χ3v) is 6.13. The molecule has 5 rings (SSSR count). The molecule has 3 aliphatic rings. The Labute approximate surface area is 170 Å². The SMILES string of the molecule is COc1cc2c(cc1OC)[C@@H]1C(=O)c3ccc4c(c3C[C@@H]1CO2)C=CC(C)(C)O4. The summed E-state index contributed by atoms with van der Waals surface area (Å²) < 4.78 is 23.0. The van der Waals surface area contributed by atoms with Gasteiger partial charge in [-0.2, -0.15) is 0 Å². The summed E-state index contributed by atoms with van der Waals surface area (Å²) in [5.74, 6) is 2.72. The van der Waals surface area contributed by atoms with Crippen molar-refractivity contribution in [3.8, 4) is 23.0 Å². The first kappa shape index (κ1) is 18.1. The average molecular weight is 392 g/mol. The van der Waals surface area contributed by atoms with Crippen LogP contribution in [0.3, 0.4) is 0 Å². The molecule has 2 aliphatic heterocycles. The first-order valence-corrected chi connectivity index (χ1v) is 9.89. The van der Waals surface area contributed by atoms with Gasteiger partial charge in [-0.25, -0.2) is 0 Å². The molecular weight excluding hydrogens is 368 g/mol. The van der Waals surface area contributed by atoms with Gasteiger partial charge in [0.05, 0.1) is 26.7 Å². The van der Waals surface area contributed by atoms with E-state index in [-0.39, 0.29) is 23.2 Å². The molecule has 5 heteroatoms. The quantitative estimate of drug-likeness (QED) is 0.757. The minimum absolute atomic E-state index is 0.0791. The van der Waals surface area contributed by atoms with Gasteiger partial charge in [0.25, 0.3) is 0 Å². The van der Waals surface area contributed by atoms with Crippen molar-refractivity contribution in [1.82, 2.24) is 0 Å². The smallest absolute Gasteiger partial charge is 0.171 e. The van der Waals surface area contributed by atoms with Crippen LogP contribution in [0.15, 0.2) is 30.3 Å². The number of methoxy groups -OCH3 is 2. The summed E-state index contributed by atoms with van der Waals surface area (Å²) in [6, 6.07) is 7.54. The monoisotopic (exact) mass is 392 g/mol. The van der Waals surface area contributed by atoms with Crippen LogP contribution >= 0.6 is 0 Å². The molecule has 150 valence electrons. The number of Topliss-reactive ketones (excluding diaryl/α,β-unsaturated/α-hetero) is 1. The molecule has 0 saturated heterocycles. The molecule has 0 radical (unpaired) electrons. The molecule has 2 aromatic carbocycles. The van der Waals surface area contributed by atoms with Crippen molar-refractivity contribution in [2.75, 3.05) is 20.8 Å². The minimum atomic E-state index is -0.342. The van der Waals surface area contributed by atoms with E-state index in [9.17, 15) is 4.79 Å². The lowest BCUT2D eigenvalue weighted by Crippen LogP contribution is -2.37. The summed E-state index contributed by atoms with van der Waals surface area (Å²) in [5.41, 5.74) is 3.39. The maximum Gasteiger partial charge on any atom is 0.171 e. The van der Waals surface area contributed by atoms with Crippen LogP contribution in [0.5, 0.6) is 23.0 Å². The van der Waals surface area contributed by atoms with E-state index in [2.05, 4.69) is 12.2 Å². The van der Waals surface area contributed by atoms with Crippen molar-refractivity contribution in [1.29, 1.82) is 0 Å². The van der Waals surface area contributed by atoms with Crippen LogP contribution in [-0.4, -0.2) is 32.2 Å². The fraction of sp³-hybridized carbons (Fsp3) is 0.375. The van der Waals surface area contributed by atoms with Gasteiger partial charge in [-0.3, -0.25) is 4.79 Å². The Hall–Kier alpha value is -2.95. The summed E-state index contributed by atoms with van der Waals surface area (Å²) in [6.45, 7) is 4.55. The van der Waals surface area contributed by atoms with Crippen molar-refractivity contribution in [2.24, 2.45) is 5.92 Å². The van der Waals surface area contributed by atoms with Gasteiger partial charge in [-0.1, -0.05) is 6.08 Å². The zero-order valence-corrected chi connectivity index (χ0v) is 17.1. The van der Waals surface area contributed by atoms with Crippen LogP contribution < -0.4 is 18.9 Å². The van der Waals surface area contributed by atoms with Crippen molar-refractivity contribution in [3.63, 3.8) is 0 Å². The van der Waals surface area contributed by atoms with E-state index in [1.165, 1.54) is 0 Å². The molecule has 0 amide bonds. The second-order valence-corrected chi connectivity index (χ2v) is 8.40. The van der Waals surface area contributed by atoms with E-state index in [1.54, 1.807) is 14.2 Å². The molecule has 5 nitrogen and oxygen atoms in total. The van der Waals surface area contributed by atoms with Gasteiger partial charge >= 0.3 is 0 Å². The summed E-state index contributed by atoms with van der Waals surface area (Å²) in [7, 11) is 3.20. The molecule has 0 fully saturated rings. The molecule has 0 bridgehead atoms. The van der Waals surface area contributed by atoms with Gasteiger partial charge in [0.2, 0.25) is 0 Å². The van der Waals surface area contributed by atoms with Crippen LogP contribution in [0.2, 0.25) is 0 Å². The maximum atomic E-state index is 13.6. The van der Waals surface area contributed by atoms with Crippen LogP contribution in [-0.2, 0) is 6.42 Å². The Morgan fingerprint density at radius 2 is 1.83 bits per heavy atom. The molecule has 0 unspecified atom stereocenters. The van der Waals surface area contributed by atoms with Gasteiger partial charge in [-0.15, -0.1) is 0 Å². The summed E-state index contributed by atoms with van der Waals surface area (Å²) in [5, 5.41) is 0. The zero-order chi connectivity index (χ0) is 20.3. The number of hydrogen-bond donors (Lipinski definition) is 0. The highest BCUT2D eigenvalue weighted by Gasteiger charge is 2.43. The van der Waals surface area contributed by atoms with E-state index in [0.29, 0.717) is 23.9 Å². The molecular formula is C24H24O5. The van der Waals surface area contributed by atoms with E-state index in [4.69, 9.17) is 18.9 Å². The Balaban J connectivity index is 1.61. The van der Waals surface area contributed by atoms with Gasteiger partial charge in [0.1, 0.15) is 17.1 Å².